The average molecular weight is 485 g/mol. The quantitative estimate of drug-likeness (QED) is 0.469. The van der Waals surface area contributed by atoms with Crippen molar-refractivity contribution in [3.63, 3.8) is 0 Å². The van der Waals surface area contributed by atoms with Gasteiger partial charge in [0, 0.05) is 37.9 Å². The lowest BCUT2D eigenvalue weighted by molar-refractivity contribution is 0.0534. The van der Waals surface area contributed by atoms with E-state index in [4.69, 9.17) is 0 Å². The standard InChI is InChI=1S/C28H25FN4O3/c1-19-5-4-6-20(17-19)26-24(18-33(30-26)22-11-9-21(29)10-12-22)28(36)32-15-13-31(14-16-32)27(35)23-7-2-3-8-25(23)34/h2-12,17-18,34H,13-16H2,1H3. The van der Waals surface area contributed by atoms with Gasteiger partial charge in [0.15, 0.2) is 0 Å². The zero-order chi connectivity index (χ0) is 25.2. The molecule has 0 bridgehead atoms. The third-order valence-electron chi connectivity index (χ3n) is 6.32. The Balaban J connectivity index is 1.40. The number of phenols is 1. The Bertz CT molecular complexity index is 1420. The first-order valence-electron chi connectivity index (χ1n) is 11.7. The summed E-state index contributed by atoms with van der Waals surface area (Å²) in [4.78, 5) is 29.8. The van der Waals surface area contributed by atoms with Gasteiger partial charge in [-0.15, -0.1) is 0 Å². The average Bonchev–Trinajstić information content (AvgIpc) is 3.34. The number of hydrogen-bond acceptors (Lipinski definition) is 4. The van der Waals surface area contributed by atoms with Crippen LogP contribution in [0.5, 0.6) is 5.75 Å². The molecule has 1 aliphatic heterocycles. The number of hydrogen-bond donors (Lipinski definition) is 1. The van der Waals surface area contributed by atoms with Crippen molar-refractivity contribution >= 4 is 11.8 Å². The normalized spacial score (nSPS) is 13.6. The van der Waals surface area contributed by atoms with Crippen LogP contribution in [-0.4, -0.2) is 62.7 Å². The Morgan fingerprint density at radius 3 is 2.11 bits per heavy atom. The Morgan fingerprint density at radius 1 is 0.833 bits per heavy atom. The minimum Gasteiger partial charge on any atom is -0.507 e. The van der Waals surface area contributed by atoms with Crippen molar-refractivity contribution in [1.29, 1.82) is 0 Å². The van der Waals surface area contributed by atoms with E-state index in [0.717, 1.165) is 11.1 Å². The van der Waals surface area contributed by atoms with Crippen molar-refractivity contribution in [3.05, 3.63) is 102 Å². The van der Waals surface area contributed by atoms with Crippen LogP contribution in [-0.2, 0) is 0 Å². The molecule has 36 heavy (non-hydrogen) atoms. The number of nitrogens with zero attached hydrogens (tertiary/aromatic N) is 4. The predicted octanol–water partition coefficient (Wildman–Crippen LogP) is 4.29. The minimum absolute atomic E-state index is 0.0583. The highest BCUT2D eigenvalue weighted by Gasteiger charge is 2.29. The van der Waals surface area contributed by atoms with E-state index in [-0.39, 0.29) is 28.9 Å². The Kier molecular flexibility index (Phi) is 6.25. The molecule has 1 fully saturated rings. The summed E-state index contributed by atoms with van der Waals surface area (Å²) in [5.41, 5.74) is 3.72. The zero-order valence-corrected chi connectivity index (χ0v) is 19.8. The Morgan fingerprint density at radius 2 is 1.47 bits per heavy atom. The molecule has 3 aromatic carbocycles. The second-order valence-electron chi connectivity index (χ2n) is 8.78. The molecule has 182 valence electrons. The van der Waals surface area contributed by atoms with Crippen LogP contribution in [0.15, 0.2) is 79.0 Å². The van der Waals surface area contributed by atoms with Crippen LogP contribution in [0.25, 0.3) is 16.9 Å². The number of carbonyl (C=O) groups excluding carboxylic acids is 2. The van der Waals surface area contributed by atoms with E-state index in [2.05, 4.69) is 5.10 Å². The molecule has 4 aromatic rings. The summed E-state index contributed by atoms with van der Waals surface area (Å²) in [5.74, 6) is -0.853. The van der Waals surface area contributed by atoms with Gasteiger partial charge in [0.1, 0.15) is 17.3 Å². The number of aromatic hydroxyl groups is 1. The van der Waals surface area contributed by atoms with E-state index in [0.29, 0.717) is 43.1 Å². The fourth-order valence-corrected chi connectivity index (χ4v) is 4.37. The van der Waals surface area contributed by atoms with E-state index in [9.17, 15) is 19.1 Å². The summed E-state index contributed by atoms with van der Waals surface area (Å²) in [6, 6.07) is 20.1. The van der Waals surface area contributed by atoms with Crippen LogP contribution in [0.2, 0.25) is 0 Å². The van der Waals surface area contributed by atoms with Crippen molar-refractivity contribution in [3.8, 4) is 22.7 Å². The molecule has 1 aliphatic rings. The van der Waals surface area contributed by atoms with E-state index in [1.807, 2.05) is 31.2 Å². The fraction of sp³-hybridized carbons (Fsp3) is 0.179. The zero-order valence-electron chi connectivity index (χ0n) is 19.8. The number of para-hydroxylation sites is 1. The van der Waals surface area contributed by atoms with Crippen molar-refractivity contribution in [2.24, 2.45) is 0 Å². The smallest absolute Gasteiger partial charge is 0.257 e. The Labute approximate surface area is 208 Å². The van der Waals surface area contributed by atoms with E-state index < -0.39 is 0 Å². The molecule has 0 saturated carbocycles. The highest BCUT2D eigenvalue weighted by atomic mass is 19.1. The lowest BCUT2D eigenvalue weighted by Gasteiger charge is -2.34. The van der Waals surface area contributed by atoms with Crippen molar-refractivity contribution in [2.45, 2.75) is 6.92 Å². The summed E-state index contributed by atoms with van der Waals surface area (Å²) >= 11 is 0. The van der Waals surface area contributed by atoms with Gasteiger partial charge in [0.2, 0.25) is 0 Å². The maximum Gasteiger partial charge on any atom is 0.257 e. The molecule has 8 heteroatoms. The number of piperazine rings is 1. The van der Waals surface area contributed by atoms with Gasteiger partial charge in [-0.3, -0.25) is 9.59 Å². The molecule has 2 amide bonds. The molecule has 0 unspecified atom stereocenters. The van der Waals surface area contributed by atoms with Gasteiger partial charge in [-0.05, 0) is 49.4 Å². The van der Waals surface area contributed by atoms with Gasteiger partial charge >= 0.3 is 0 Å². The highest BCUT2D eigenvalue weighted by molar-refractivity contribution is 6.00. The molecule has 0 spiro atoms. The van der Waals surface area contributed by atoms with Crippen molar-refractivity contribution < 1.29 is 19.1 Å². The molecule has 0 radical (unpaired) electrons. The molecular weight excluding hydrogens is 459 g/mol. The monoisotopic (exact) mass is 484 g/mol. The minimum atomic E-state index is -0.350. The largest absolute Gasteiger partial charge is 0.507 e. The summed E-state index contributed by atoms with van der Waals surface area (Å²) in [7, 11) is 0. The maximum atomic E-state index is 13.6. The molecular formula is C28H25FN4O3. The molecule has 1 saturated heterocycles. The summed E-state index contributed by atoms with van der Waals surface area (Å²) in [6.45, 7) is 3.39. The lowest BCUT2D eigenvalue weighted by atomic mass is 10.0. The number of aryl methyl sites for hydroxylation is 1. The number of aromatic nitrogens is 2. The van der Waals surface area contributed by atoms with Crippen LogP contribution in [0.1, 0.15) is 26.3 Å². The number of rotatable bonds is 4. The van der Waals surface area contributed by atoms with E-state index >= 15 is 0 Å². The van der Waals surface area contributed by atoms with Gasteiger partial charge in [-0.25, -0.2) is 9.07 Å². The van der Waals surface area contributed by atoms with E-state index in [1.54, 1.807) is 51.0 Å². The molecule has 0 aliphatic carbocycles. The summed E-state index contributed by atoms with van der Waals surface area (Å²) in [6.07, 6.45) is 1.67. The van der Waals surface area contributed by atoms with Crippen LogP contribution in [0, 0.1) is 12.7 Å². The number of benzene rings is 3. The summed E-state index contributed by atoms with van der Waals surface area (Å²) in [5, 5.41) is 14.7. The van der Waals surface area contributed by atoms with E-state index in [1.165, 1.54) is 18.2 Å². The number of amides is 2. The molecule has 1 N–H and O–H groups in total. The maximum absolute atomic E-state index is 13.6. The molecule has 2 heterocycles. The summed E-state index contributed by atoms with van der Waals surface area (Å²) < 4.78 is 15.0. The second kappa shape index (κ2) is 9.65. The molecule has 5 rings (SSSR count). The third kappa shape index (κ3) is 4.57. The Hall–Kier alpha value is -4.46. The van der Waals surface area contributed by atoms with Crippen LogP contribution in [0.4, 0.5) is 4.39 Å². The van der Waals surface area contributed by atoms with Crippen LogP contribution >= 0.6 is 0 Å². The first-order chi connectivity index (χ1) is 17.4. The van der Waals surface area contributed by atoms with Gasteiger partial charge in [-0.2, -0.15) is 5.10 Å². The topological polar surface area (TPSA) is 78.7 Å². The first-order valence-corrected chi connectivity index (χ1v) is 11.7. The molecule has 1 aromatic heterocycles. The third-order valence-corrected chi connectivity index (χ3v) is 6.32. The van der Waals surface area contributed by atoms with Crippen molar-refractivity contribution in [1.82, 2.24) is 19.6 Å². The van der Waals surface area contributed by atoms with Gasteiger partial charge < -0.3 is 14.9 Å². The van der Waals surface area contributed by atoms with Crippen molar-refractivity contribution in [2.75, 3.05) is 26.2 Å². The van der Waals surface area contributed by atoms with Crippen LogP contribution < -0.4 is 0 Å². The highest BCUT2D eigenvalue weighted by Crippen LogP contribution is 2.27. The van der Waals surface area contributed by atoms with Gasteiger partial charge in [0.05, 0.1) is 16.8 Å². The number of carbonyl (C=O) groups is 2. The lowest BCUT2D eigenvalue weighted by Crippen LogP contribution is -2.50. The predicted molar refractivity (Wildman–Crippen MR) is 134 cm³/mol. The van der Waals surface area contributed by atoms with Gasteiger partial charge in [0.25, 0.3) is 11.8 Å². The number of phenolic OH excluding ortho intramolecular Hbond substituents is 1. The molecule has 0 atom stereocenters. The van der Waals surface area contributed by atoms with Gasteiger partial charge in [-0.1, -0.05) is 35.9 Å². The first kappa shape index (κ1) is 23.3. The van der Waals surface area contributed by atoms with Crippen LogP contribution in [0.3, 0.4) is 0 Å². The number of halogens is 1. The SMILES string of the molecule is Cc1cccc(-c2nn(-c3ccc(F)cc3)cc2C(=O)N2CCN(C(=O)c3ccccc3O)CC2)c1. The second-order valence-corrected chi connectivity index (χ2v) is 8.78. The molecule has 7 nitrogen and oxygen atoms in total. The fourth-order valence-electron chi connectivity index (χ4n) is 4.37.